The predicted molar refractivity (Wildman–Crippen MR) is 91.3 cm³/mol. The number of hydrogen-bond donors (Lipinski definition) is 1. The molecule has 4 bridgehead atoms. The average molecular weight is 369 g/mol. The smallest absolute Gasteiger partial charge is 0.310 e. The molecule has 0 aromatic rings. The first-order valence-corrected chi connectivity index (χ1v) is 11.2. The summed E-state index contributed by atoms with van der Waals surface area (Å²) in [6.45, 7) is 1.42. The molecule has 1 N–H and O–H groups in total. The minimum Gasteiger partial charge on any atom is -0.455 e. The maximum Gasteiger partial charge on any atom is 0.310 e. The van der Waals surface area contributed by atoms with Gasteiger partial charge in [0.25, 0.3) is 5.91 Å². The van der Waals surface area contributed by atoms with Gasteiger partial charge in [0, 0.05) is 0 Å². The van der Waals surface area contributed by atoms with Gasteiger partial charge in [-0.2, -0.15) is 0 Å². The molecule has 5 aliphatic rings. The van der Waals surface area contributed by atoms with Gasteiger partial charge >= 0.3 is 5.97 Å². The summed E-state index contributed by atoms with van der Waals surface area (Å²) in [5, 5.41) is 2.74. The van der Waals surface area contributed by atoms with Crippen LogP contribution in [0.5, 0.6) is 0 Å². The summed E-state index contributed by atoms with van der Waals surface area (Å²) in [7, 11) is -3.08. The zero-order chi connectivity index (χ0) is 17.8. The van der Waals surface area contributed by atoms with Crippen molar-refractivity contribution >= 4 is 21.7 Å². The van der Waals surface area contributed by atoms with Crippen molar-refractivity contribution < 1.29 is 22.7 Å². The molecule has 0 unspecified atom stereocenters. The molecule has 1 saturated heterocycles. The van der Waals surface area contributed by atoms with Crippen LogP contribution >= 0.6 is 0 Å². The molecule has 0 spiro atoms. The van der Waals surface area contributed by atoms with Gasteiger partial charge in [-0.1, -0.05) is 0 Å². The van der Waals surface area contributed by atoms with Crippen LogP contribution in [-0.4, -0.2) is 43.9 Å². The second-order valence-corrected chi connectivity index (χ2v) is 11.2. The van der Waals surface area contributed by atoms with Gasteiger partial charge in [-0.25, -0.2) is 8.42 Å². The molecule has 0 radical (unpaired) electrons. The van der Waals surface area contributed by atoms with Gasteiger partial charge in [-0.15, -0.1) is 0 Å². The molecule has 1 aliphatic heterocycles. The highest BCUT2D eigenvalue weighted by atomic mass is 32.2. The molecule has 140 valence electrons. The van der Waals surface area contributed by atoms with E-state index in [0.717, 1.165) is 37.5 Å². The van der Waals surface area contributed by atoms with Crippen LogP contribution in [0.2, 0.25) is 0 Å². The Morgan fingerprint density at radius 1 is 1.08 bits per heavy atom. The van der Waals surface area contributed by atoms with E-state index in [9.17, 15) is 18.0 Å². The fraction of sp³-hybridized carbons (Fsp3) is 0.889. The number of sulfone groups is 1. The molecule has 25 heavy (non-hydrogen) atoms. The highest BCUT2D eigenvalue weighted by molar-refractivity contribution is 7.91. The minimum atomic E-state index is -3.08. The molecule has 1 atom stereocenters. The van der Waals surface area contributed by atoms with Gasteiger partial charge in [0.2, 0.25) is 0 Å². The maximum atomic E-state index is 12.6. The standard InChI is InChI=1S/C18H27NO5S/c1-18(2-3-25(22,23)10-18)19-15(20)9-24-17(21)16-13-5-11-4-12(7-13)8-14(16)6-11/h11-14,16H,2-10H2,1H3,(H,19,20)/t11?,12?,13?,14?,16?,18-/m1/s1. The van der Waals surface area contributed by atoms with Crippen molar-refractivity contribution in [3.63, 3.8) is 0 Å². The summed E-state index contributed by atoms with van der Waals surface area (Å²) in [6.07, 6.45) is 6.27. The van der Waals surface area contributed by atoms with E-state index in [1.54, 1.807) is 6.92 Å². The highest BCUT2D eigenvalue weighted by Gasteiger charge is 2.51. The van der Waals surface area contributed by atoms with E-state index in [-0.39, 0.29) is 30.0 Å². The van der Waals surface area contributed by atoms with E-state index in [1.165, 1.54) is 6.42 Å². The summed E-state index contributed by atoms with van der Waals surface area (Å²) in [5.74, 6) is 1.83. The van der Waals surface area contributed by atoms with E-state index in [4.69, 9.17) is 4.74 Å². The third-order valence-electron chi connectivity index (χ3n) is 6.79. The van der Waals surface area contributed by atoms with Gasteiger partial charge in [-0.3, -0.25) is 9.59 Å². The molecular weight excluding hydrogens is 342 g/mol. The number of rotatable bonds is 4. The number of carbonyl (C=O) groups excluding carboxylic acids is 2. The molecular formula is C18H27NO5S. The molecule has 0 aromatic carbocycles. The molecule has 1 heterocycles. The number of carbonyl (C=O) groups is 2. The Kier molecular flexibility index (Phi) is 4.13. The van der Waals surface area contributed by atoms with Crippen LogP contribution < -0.4 is 5.32 Å². The van der Waals surface area contributed by atoms with Crippen LogP contribution in [0.25, 0.3) is 0 Å². The van der Waals surface area contributed by atoms with Crippen molar-refractivity contribution in [2.75, 3.05) is 18.1 Å². The Morgan fingerprint density at radius 3 is 2.20 bits per heavy atom. The summed E-state index contributed by atoms with van der Waals surface area (Å²) < 4.78 is 28.5. The highest BCUT2D eigenvalue weighted by Crippen LogP contribution is 2.56. The Bertz CT molecular complexity index is 660. The molecule has 6 nitrogen and oxygen atoms in total. The van der Waals surface area contributed by atoms with Crippen molar-refractivity contribution in [3.8, 4) is 0 Å². The minimum absolute atomic E-state index is 0.0388. The number of amides is 1. The summed E-state index contributed by atoms with van der Waals surface area (Å²) in [5.41, 5.74) is -0.745. The van der Waals surface area contributed by atoms with E-state index in [1.807, 2.05) is 0 Å². The zero-order valence-corrected chi connectivity index (χ0v) is 15.5. The molecule has 0 aromatic heterocycles. The molecule has 4 aliphatic carbocycles. The number of nitrogens with one attached hydrogen (secondary N) is 1. The van der Waals surface area contributed by atoms with Crippen molar-refractivity contribution in [2.45, 2.75) is 51.0 Å². The van der Waals surface area contributed by atoms with Crippen molar-refractivity contribution in [2.24, 2.45) is 29.6 Å². The molecule has 7 heteroatoms. The van der Waals surface area contributed by atoms with Crippen LogP contribution in [0.4, 0.5) is 0 Å². The first-order valence-electron chi connectivity index (χ1n) is 9.41. The van der Waals surface area contributed by atoms with E-state index in [0.29, 0.717) is 18.3 Å². The van der Waals surface area contributed by atoms with E-state index in [2.05, 4.69) is 5.32 Å². The van der Waals surface area contributed by atoms with Gasteiger partial charge in [0.05, 0.1) is 23.0 Å². The lowest BCUT2D eigenvalue weighted by Gasteiger charge is -2.53. The maximum absolute atomic E-state index is 12.6. The fourth-order valence-electron chi connectivity index (χ4n) is 6.02. The first kappa shape index (κ1) is 17.3. The molecule has 5 fully saturated rings. The van der Waals surface area contributed by atoms with Crippen molar-refractivity contribution in [1.29, 1.82) is 0 Å². The lowest BCUT2D eigenvalue weighted by Crippen LogP contribution is -2.50. The van der Waals surface area contributed by atoms with Gasteiger partial charge in [0.15, 0.2) is 16.4 Å². The van der Waals surface area contributed by atoms with E-state index >= 15 is 0 Å². The van der Waals surface area contributed by atoms with Crippen LogP contribution in [0, 0.1) is 29.6 Å². The second-order valence-electron chi connectivity index (χ2n) is 9.02. The van der Waals surface area contributed by atoms with E-state index < -0.39 is 21.3 Å². The van der Waals surface area contributed by atoms with Crippen molar-refractivity contribution in [1.82, 2.24) is 5.32 Å². The Labute approximate surface area is 149 Å². The summed E-state index contributed by atoms with van der Waals surface area (Å²) in [4.78, 5) is 24.7. The summed E-state index contributed by atoms with van der Waals surface area (Å²) in [6, 6.07) is 0. The molecule has 5 rings (SSSR count). The van der Waals surface area contributed by atoms with Crippen LogP contribution in [-0.2, 0) is 24.2 Å². The quantitative estimate of drug-likeness (QED) is 0.755. The van der Waals surface area contributed by atoms with Gasteiger partial charge < -0.3 is 10.1 Å². The van der Waals surface area contributed by atoms with Gasteiger partial charge in [-0.05, 0) is 69.1 Å². The fourth-order valence-corrected chi connectivity index (χ4v) is 8.12. The number of ether oxygens (including phenoxy) is 1. The lowest BCUT2D eigenvalue weighted by molar-refractivity contribution is -0.165. The molecule has 1 amide bonds. The normalized spacial score (nSPS) is 43.8. The average Bonchev–Trinajstić information content (AvgIpc) is 2.77. The Morgan fingerprint density at radius 2 is 1.68 bits per heavy atom. The number of esters is 1. The molecule has 4 saturated carbocycles. The Hall–Kier alpha value is -1.11. The van der Waals surface area contributed by atoms with Crippen LogP contribution in [0.3, 0.4) is 0 Å². The third-order valence-corrected chi connectivity index (χ3v) is 8.69. The number of hydrogen-bond acceptors (Lipinski definition) is 5. The van der Waals surface area contributed by atoms with Gasteiger partial charge in [0.1, 0.15) is 0 Å². The van der Waals surface area contributed by atoms with Crippen LogP contribution in [0.15, 0.2) is 0 Å². The Balaban J connectivity index is 1.30. The lowest BCUT2D eigenvalue weighted by atomic mass is 9.52. The van der Waals surface area contributed by atoms with Crippen LogP contribution in [0.1, 0.15) is 45.4 Å². The predicted octanol–water partition coefficient (Wildman–Crippen LogP) is 1.30. The SMILES string of the molecule is C[C@@]1(NC(=O)COC(=O)C2C3CC4CC(C3)CC2C4)CCS(=O)(=O)C1. The third kappa shape index (κ3) is 3.44. The topological polar surface area (TPSA) is 89.5 Å². The first-order chi connectivity index (χ1) is 11.7. The zero-order valence-electron chi connectivity index (χ0n) is 14.7. The largest absolute Gasteiger partial charge is 0.455 e. The monoisotopic (exact) mass is 369 g/mol. The summed E-state index contributed by atoms with van der Waals surface area (Å²) >= 11 is 0. The second kappa shape index (κ2) is 5.96. The van der Waals surface area contributed by atoms with Crippen molar-refractivity contribution in [3.05, 3.63) is 0 Å².